The Bertz CT molecular complexity index is 1350. The summed E-state index contributed by atoms with van der Waals surface area (Å²) in [7, 11) is 4.37. The first-order chi connectivity index (χ1) is 17.8. The van der Waals surface area contributed by atoms with Gasteiger partial charge in [-0.1, -0.05) is 30.3 Å². The Morgan fingerprint density at radius 3 is 1.95 bits per heavy atom. The second kappa shape index (κ2) is 10.4. The molecule has 1 aliphatic rings. The molecule has 1 fully saturated rings. The standard InChI is InChI=1S/C28H25NO8/c1-35-19-13-11-17(12-14-19)24-23(25(30)22-20(36-2)5-4-6-21(22)37-3)26(31)27(32)29(24)15-16-7-9-18(10-8-16)28(33)34/h4-14,24,30H,15H2,1-3H3,(H,33,34)/b25-23+. The van der Waals surface area contributed by atoms with Gasteiger partial charge in [0.1, 0.15) is 28.6 Å². The van der Waals surface area contributed by atoms with Gasteiger partial charge in [0, 0.05) is 6.54 Å². The minimum Gasteiger partial charge on any atom is -0.506 e. The molecule has 0 aromatic heterocycles. The average molecular weight is 504 g/mol. The fourth-order valence-corrected chi connectivity index (χ4v) is 4.34. The number of likely N-dealkylation sites (tertiary alicyclic amines) is 1. The van der Waals surface area contributed by atoms with Crippen molar-refractivity contribution in [1.82, 2.24) is 4.90 Å². The number of aliphatic hydroxyl groups is 1. The maximum Gasteiger partial charge on any atom is 0.335 e. The van der Waals surface area contributed by atoms with E-state index in [1.54, 1.807) is 54.6 Å². The SMILES string of the molecule is COc1ccc(C2/C(=C(\O)c3c(OC)cccc3OC)C(=O)C(=O)N2Cc2ccc(C(=O)O)cc2)cc1. The lowest BCUT2D eigenvalue weighted by Crippen LogP contribution is -2.29. The zero-order valence-electron chi connectivity index (χ0n) is 20.4. The molecule has 0 spiro atoms. The Morgan fingerprint density at radius 1 is 0.838 bits per heavy atom. The van der Waals surface area contributed by atoms with E-state index in [0.717, 1.165) is 0 Å². The van der Waals surface area contributed by atoms with Crippen molar-refractivity contribution in [3.8, 4) is 17.2 Å². The molecule has 2 N–H and O–H groups in total. The van der Waals surface area contributed by atoms with Crippen molar-refractivity contribution in [2.24, 2.45) is 0 Å². The van der Waals surface area contributed by atoms with Gasteiger partial charge in [-0.25, -0.2) is 4.79 Å². The molecular formula is C28H25NO8. The van der Waals surface area contributed by atoms with Gasteiger partial charge in [0.05, 0.1) is 38.5 Å². The predicted octanol–water partition coefficient (Wildman–Crippen LogP) is 4.03. The Balaban J connectivity index is 1.89. The number of carbonyl (C=O) groups excluding carboxylic acids is 2. The minimum atomic E-state index is -1.07. The summed E-state index contributed by atoms with van der Waals surface area (Å²) in [6.45, 7) is 0.001000. The number of benzene rings is 3. The Labute approximate surface area is 213 Å². The molecule has 1 unspecified atom stereocenters. The second-order valence-corrected chi connectivity index (χ2v) is 8.24. The first kappa shape index (κ1) is 25.3. The summed E-state index contributed by atoms with van der Waals surface area (Å²) in [6, 6.07) is 16.8. The number of aliphatic hydroxyl groups excluding tert-OH is 1. The molecule has 3 aromatic rings. The number of carboxylic acid groups (broad SMARTS) is 1. The van der Waals surface area contributed by atoms with Gasteiger partial charge in [-0.2, -0.15) is 0 Å². The van der Waals surface area contributed by atoms with E-state index in [-0.39, 0.29) is 34.7 Å². The van der Waals surface area contributed by atoms with Crippen LogP contribution in [0.15, 0.2) is 72.3 Å². The van der Waals surface area contributed by atoms with Crippen molar-refractivity contribution in [2.75, 3.05) is 21.3 Å². The summed E-state index contributed by atoms with van der Waals surface area (Å²) >= 11 is 0. The number of nitrogens with zero attached hydrogens (tertiary/aromatic N) is 1. The van der Waals surface area contributed by atoms with Crippen LogP contribution in [-0.2, 0) is 16.1 Å². The molecule has 37 heavy (non-hydrogen) atoms. The van der Waals surface area contributed by atoms with Gasteiger partial charge in [0.15, 0.2) is 0 Å². The smallest absolute Gasteiger partial charge is 0.335 e. The summed E-state index contributed by atoms with van der Waals surface area (Å²) in [6.07, 6.45) is 0. The van der Waals surface area contributed by atoms with E-state index in [1.807, 2.05) is 0 Å². The van der Waals surface area contributed by atoms with Crippen LogP contribution < -0.4 is 14.2 Å². The minimum absolute atomic E-state index is 0.001000. The van der Waals surface area contributed by atoms with Gasteiger partial charge >= 0.3 is 5.97 Å². The van der Waals surface area contributed by atoms with E-state index in [4.69, 9.17) is 14.2 Å². The van der Waals surface area contributed by atoms with Crippen LogP contribution in [0.1, 0.15) is 33.1 Å². The largest absolute Gasteiger partial charge is 0.506 e. The van der Waals surface area contributed by atoms with Crippen LogP contribution in [0.25, 0.3) is 5.76 Å². The molecule has 1 amide bonds. The molecule has 0 aliphatic carbocycles. The Hall–Kier alpha value is -4.79. The van der Waals surface area contributed by atoms with E-state index in [0.29, 0.717) is 16.9 Å². The van der Waals surface area contributed by atoms with Gasteiger partial charge in [-0.05, 0) is 47.5 Å². The number of Topliss-reactive ketones (excluding diaryl/α,β-unsaturated/α-hetero) is 1. The van der Waals surface area contributed by atoms with Gasteiger partial charge in [0.25, 0.3) is 11.7 Å². The molecule has 1 atom stereocenters. The zero-order chi connectivity index (χ0) is 26.7. The maximum atomic E-state index is 13.4. The van der Waals surface area contributed by atoms with Crippen LogP contribution in [0.4, 0.5) is 0 Å². The van der Waals surface area contributed by atoms with Crippen molar-refractivity contribution in [2.45, 2.75) is 12.6 Å². The topological polar surface area (TPSA) is 123 Å². The molecule has 3 aromatic carbocycles. The van der Waals surface area contributed by atoms with E-state index in [2.05, 4.69) is 0 Å². The van der Waals surface area contributed by atoms with E-state index < -0.39 is 29.5 Å². The monoisotopic (exact) mass is 503 g/mol. The van der Waals surface area contributed by atoms with Crippen molar-refractivity contribution in [3.05, 3.63) is 94.6 Å². The second-order valence-electron chi connectivity index (χ2n) is 8.24. The van der Waals surface area contributed by atoms with Crippen molar-refractivity contribution >= 4 is 23.4 Å². The van der Waals surface area contributed by atoms with Gasteiger partial charge in [-0.3, -0.25) is 9.59 Å². The number of rotatable bonds is 8. The van der Waals surface area contributed by atoms with Gasteiger partial charge < -0.3 is 29.3 Å². The summed E-state index contributed by atoms with van der Waals surface area (Å²) in [5.74, 6) is -2.07. The quantitative estimate of drug-likeness (QED) is 0.268. The molecule has 0 saturated carbocycles. The third kappa shape index (κ3) is 4.71. The lowest BCUT2D eigenvalue weighted by molar-refractivity contribution is -0.140. The Kier molecular flexibility index (Phi) is 7.15. The summed E-state index contributed by atoms with van der Waals surface area (Å²) in [5, 5.41) is 20.7. The fourth-order valence-electron chi connectivity index (χ4n) is 4.34. The molecule has 9 heteroatoms. The number of hydrogen-bond acceptors (Lipinski definition) is 7. The molecule has 0 radical (unpaired) electrons. The first-order valence-electron chi connectivity index (χ1n) is 11.3. The first-order valence-corrected chi connectivity index (χ1v) is 11.3. The van der Waals surface area contributed by atoms with Crippen LogP contribution in [0.2, 0.25) is 0 Å². The van der Waals surface area contributed by atoms with Crippen LogP contribution in [0.5, 0.6) is 17.2 Å². The highest BCUT2D eigenvalue weighted by atomic mass is 16.5. The number of aromatic carboxylic acids is 1. The molecule has 1 saturated heterocycles. The van der Waals surface area contributed by atoms with E-state index >= 15 is 0 Å². The number of amides is 1. The highest BCUT2D eigenvalue weighted by Gasteiger charge is 2.46. The number of carboxylic acids is 1. The van der Waals surface area contributed by atoms with E-state index in [1.165, 1.54) is 38.4 Å². The molecule has 4 rings (SSSR count). The molecular weight excluding hydrogens is 478 g/mol. The highest BCUT2D eigenvalue weighted by Crippen LogP contribution is 2.44. The van der Waals surface area contributed by atoms with Crippen molar-refractivity contribution in [3.63, 3.8) is 0 Å². The summed E-state index contributed by atoms with van der Waals surface area (Å²) < 4.78 is 16.1. The summed E-state index contributed by atoms with van der Waals surface area (Å²) in [5.41, 5.74) is 1.30. The van der Waals surface area contributed by atoms with E-state index in [9.17, 15) is 24.6 Å². The molecule has 0 bridgehead atoms. The molecule has 190 valence electrons. The maximum absolute atomic E-state index is 13.4. The third-order valence-electron chi connectivity index (χ3n) is 6.19. The Morgan fingerprint density at radius 2 is 1.43 bits per heavy atom. The zero-order valence-corrected chi connectivity index (χ0v) is 20.4. The number of carbonyl (C=O) groups is 3. The van der Waals surface area contributed by atoms with Gasteiger partial charge in [0.2, 0.25) is 0 Å². The number of ether oxygens (including phenoxy) is 3. The van der Waals surface area contributed by atoms with Crippen molar-refractivity contribution < 1.29 is 38.8 Å². The lowest BCUT2D eigenvalue weighted by Gasteiger charge is -2.26. The predicted molar refractivity (Wildman–Crippen MR) is 134 cm³/mol. The van der Waals surface area contributed by atoms with Crippen LogP contribution in [-0.4, -0.2) is 54.1 Å². The van der Waals surface area contributed by atoms with Crippen LogP contribution >= 0.6 is 0 Å². The summed E-state index contributed by atoms with van der Waals surface area (Å²) in [4.78, 5) is 39.2. The highest BCUT2D eigenvalue weighted by molar-refractivity contribution is 6.46. The number of methoxy groups -OCH3 is 3. The lowest BCUT2D eigenvalue weighted by atomic mass is 9.94. The number of ketones is 1. The van der Waals surface area contributed by atoms with Crippen molar-refractivity contribution in [1.29, 1.82) is 0 Å². The molecule has 1 aliphatic heterocycles. The number of hydrogen-bond donors (Lipinski definition) is 2. The normalized spacial score (nSPS) is 16.5. The third-order valence-corrected chi connectivity index (χ3v) is 6.19. The van der Waals surface area contributed by atoms with Crippen LogP contribution in [0.3, 0.4) is 0 Å². The molecule has 9 nitrogen and oxygen atoms in total. The van der Waals surface area contributed by atoms with Gasteiger partial charge in [-0.15, -0.1) is 0 Å². The average Bonchev–Trinajstić information content (AvgIpc) is 3.17. The fraction of sp³-hybridized carbons (Fsp3) is 0.179. The molecule has 1 heterocycles. The van der Waals surface area contributed by atoms with Crippen LogP contribution in [0, 0.1) is 0 Å².